The summed E-state index contributed by atoms with van der Waals surface area (Å²) in [5, 5.41) is 0. The topological polar surface area (TPSA) is 26.0 Å². The molecule has 0 aromatic heterocycles. The van der Waals surface area contributed by atoms with Gasteiger partial charge in [0.1, 0.15) is 0 Å². The molecule has 0 radical (unpaired) electrons. The predicted octanol–water partition coefficient (Wildman–Crippen LogP) is 3.66. The number of nitrogens with two attached hydrogens (primary N) is 1. The van der Waals surface area contributed by atoms with Gasteiger partial charge in [-0.25, -0.2) is 0 Å². The van der Waals surface area contributed by atoms with Crippen LogP contribution in [0.2, 0.25) is 0 Å². The van der Waals surface area contributed by atoms with Gasteiger partial charge in [-0.15, -0.1) is 0 Å². The Morgan fingerprint density at radius 2 is 1.53 bits per heavy atom. The van der Waals surface area contributed by atoms with Crippen molar-refractivity contribution >= 4 is 15.9 Å². The molecular formula is C10H11BrF3N. The average molecular weight is 282 g/mol. The van der Waals surface area contributed by atoms with Crippen LogP contribution in [0.4, 0.5) is 13.2 Å². The minimum atomic E-state index is -4.34. The van der Waals surface area contributed by atoms with Gasteiger partial charge in [-0.3, -0.25) is 0 Å². The molecule has 0 aliphatic heterocycles. The van der Waals surface area contributed by atoms with Gasteiger partial charge >= 0.3 is 6.18 Å². The van der Waals surface area contributed by atoms with Crippen LogP contribution in [0.1, 0.15) is 25.0 Å². The number of hydrogen-bond donors (Lipinski definition) is 1. The van der Waals surface area contributed by atoms with Crippen molar-refractivity contribution in [3.8, 4) is 0 Å². The summed E-state index contributed by atoms with van der Waals surface area (Å²) in [6, 6.07) is 3.70. The van der Waals surface area contributed by atoms with Gasteiger partial charge in [-0.1, -0.05) is 15.9 Å². The second-order valence-corrected chi connectivity index (χ2v) is 4.86. The van der Waals surface area contributed by atoms with E-state index in [0.29, 0.717) is 10.0 Å². The maximum Gasteiger partial charge on any atom is 0.416 e. The molecule has 0 heterocycles. The van der Waals surface area contributed by atoms with Crippen molar-refractivity contribution < 1.29 is 13.2 Å². The van der Waals surface area contributed by atoms with Crippen molar-refractivity contribution in [3.05, 3.63) is 33.8 Å². The molecule has 0 atom stereocenters. The Bertz CT molecular complexity index is 334. The summed E-state index contributed by atoms with van der Waals surface area (Å²) in [7, 11) is 0. The zero-order chi connectivity index (χ0) is 11.9. The SMILES string of the molecule is CC(C)(N)c1cc(Br)cc(C(F)(F)F)c1. The van der Waals surface area contributed by atoms with Crippen LogP contribution in [-0.4, -0.2) is 0 Å². The molecule has 1 aromatic rings. The first kappa shape index (κ1) is 12.5. The summed E-state index contributed by atoms with van der Waals surface area (Å²) in [6.45, 7) is 3.32. The van der Waals surface area contributed by atoms with Gasteiger partial charge in [0, 0.05) is 10.0 Å². The highest BCUT2D eigenvalue weighted by molar-refractivity contribution is 9.10. The first-order valence-electron chi connectivity index (χ1n) is 4.28. The molecule has 15 heavy (non-hydrogen) atoms. The third-order valence-electron chi connectivity index (χ3n) is 1.97. The molecule has 1 nitrogen and oxygen atoms in total. The Hall–Kier alpha value is -0.550. The first-order chi connectivity index (χ1) is 6.60. The molecule has 0 saturated carbocycles. The van der Waals surface area contributed by atoms with E-state index in [1.165, 1.54) is 0 Å². The lowest BCUT2D eigenvalue weighted by molar-refractivity contribution is -0.137. The van der Waals surface area contributed by atoms with Gasteiger partial charge in [0.25, 0.3) is 0 Å². The Labute approximate surface area is 94.6 Å². The molecule has 0 bridgehead atoms. The molecule has 0 spiro atoms. The normalized spacial score (nSPS) is 13.0. The van der Waals surface area contributed by atoms with Crippen molar-refractivity contribution in [3.63, 3.8) is 0 Å². The van der Waals surface area contributed by atoms with Gasteiger partial charge in [0.2, 0.25) is 0 Å². The summed E-state index contributed by atoms with van der Waals surface area (Å²) >= 11 is 3.04. The van der Waals surface area contributed by atoms with Crippen molar-refractivity contribution in [2.75, 3.05) is 0 Å². The van der Waals surface area contributed by atoms with E-state index in [0.717, 1.165) is 12.1 Å². The van der Waals surface area contributed by atoms with E-state index in [1.54, 1.807) is 19.9 Å². The Kier molecular flexibility index (Phi) is 3.16. The summed E-state index contributed by atoms with van der Waals surface area (Å²) in [5.41, 5.74) is 4.72. The van der Waals surface area contributed by atoms with Gasteiger partial charge in [-0.05, 0) is 37.6 Å². The highest BCUT2D eigenvalue weighted by Gasteiger charge is 2.32. The van der Waals surface area contributed by atoms with E-state index in [1.807, 2.05) is 0 Å². The number of rotatable bonds is 1. The number of hydrogen-bond acceptors (Lipinski definition) is 1. The number of alkyl halides is 3. The largest absolute Gasteiger partial charge is 0.416 e. The van der Waals surface area contributed by atoms with Crippen molar-refractivity contribution in [2.24, 2.45) is 5.73 Å². The summed E-state index contributed by atoms with van der Waals surface area (Å²) in [6.07, 6.45) is -4.34. The quantitative estimate of drug-likeness (QED) is 0.835. The molecule has 5 heteroatoms. The zero-order valence-corrected chi connectivity index (χ0v) is 9.91. The maximum absolute atomic E-state index is 12.5. The van der Waals surface area contributed by atoms with Crippen molar-refractivity contribution in [1.29, 1.82) is 0 Å². The first-order valence-corrected chi connectivity index (χ1v) is 5.07. The lowest BCUT2D eigenvalue weighted by Crippen LogP contribution is -2.29. The summed E-state index contributed by atoms with van der Waals surface area (Å²) < 4.78 is 37.8. The molecule has 84 valence electrons. The fraction of sp³-hybridized carbons (Fsp3) is 0.400. The van der Waals surface area contributed by atoms with Crippen LogP contribution < -0.4 is 5.73 Å². The lowest BCUT2D eigenvalue weighted by atomic mass is 9.94. The number of benzene rings is 1. The minimum absolute atomic E-state index is 0.380. The molecule has 0 saturated heterocycles. The van der Waals surface area contributed by atoms with Crippen LogP contribution in [0.5, 0.6) is 0 Å². The van der Waals surface area contributed by atoms with E-state index in [2.05, 4.69) is 15.9 Å². The fourth-order valence-electron chi connectivity index (χ4n) is 1.13. The van der Waals surface area contributed by atoms with Gasteiger partial charge < -0.3 is 5.73 Å². The molecule has 0 aliphatic carbocycles. The van der Waals surface area contributed by atoms with Crippen molar-refractivity contribution in [1.82, 2.24) is 0 Å². The predicted molar refractivity (Wildman–Crippen MR) is 56.4 cm³/mol. The number of halogens is 4. The Balaban J connectivity index is 3.30. The second-order valence-electron chi connectivity index (χ2n) is 3.95. The molecule has 1 aromatic carbocycles. The van der Waals surface area contributed by atoms with Crippen LogP contribution in [0.25, 0.3) is 0 Å². The molecule has 0 aliphatic rings. The lowest BCUT2D eigenvalue weighted by Gasteiger charge is -2.21. The smallest absolute Gasteiger partial charge is 0.322 e. The molecule has 1 rings (SSSR count). The van der Waals surface area contributed by atoms with Crippen LogP contribution in [0, 0.1) is 0 Å². The van der Waals surface area contributed by atoms with Gasteiger partial charge in [0.15, 0.2) is 0 Å². The average Bonchev–Trinajstić information content (AvgIpc) is 1.99. The second kappa shape index (κ2) is 3.79. The summed E-state index contributed by atoms with van der Waals surface area (Å²) in [5.74, 6) is 0. The third-order valence-corrected chi connectivity index (χ3v) is 2.43. The maximum atomic E-state index is 12.5. The molecule has 2 N–H and O–H groups in total. The molecule has 0 unspecified atom stereocenters. The highest BCUT2D eigenvalue weighted by atomic mass is 79.9. The Morgan fingerprint density at radius 1 is 1.07 bits per heavy atom. The molecular weight excluding hydrogens is 271 g/mol. The minimum Gasteiger partial charge on any atom is -0.322 e. The molecule has 0 amide bonds. The monoisotopic (exact) mass is 281 g/mol. The third kappa shape index (κ3) is 3.21. The van der Waals surface area contributed by atoms with Gasteiger partial charge in [-0.2, -0.15) is 13.2 Å². The van der Waals surface area contributed by atoms with Crippen LogP contribution in [0.15, 0.2) is 22.7 Å². The highest BCUT2D eigenvalue weighted by Crippen LogP contribution is 2.33. The molecule has 0 fully saturated rings. The van der Waals surface area contributed by atoms with E-state index in [4.69, 9.17) is 5.73 Å². The van der Waals surface area contributed by atoms with Gasteiger partial charge in [0.05, 0.1) is 5.56 Å². The van der Waals surface area contributed by atoms with E-state index >= 15 is 0 Å². The van der Waals surface area contributed by atoms with Crippen LogP contribution in [-0.2, 0) is 11.7 Å². The van der Waals surface area contributed by atoms with E-state index in [9.17, 15) is 13.2 Å². The fourth-order valence-corrected chi connectivity index (χ4v) is 1.62. The zero-order valence-electron chi connectivity index (χ0n) is 8.32. The van der Waals surface area contributed by atoms with Crippen LogP contribution in [0.3, 0.4) is 0 Å². The standard InChI is InChI=1S/C10H11BrF3N/c1-9(2,15)6-3-7(10(12,13)14)5-8(11)4-6/h3-5H,15H2,1-2H3. The van der Waals surface area contributed by atoms with Crippen molar-refractivity contribution in [2.45, 2.75) is 25.6 Å². The Morgan fingerprint density at radius 3 is 1.93 bits per heavy atom. The van der Waals surface area contributed by atoms with E-state index in [-0.39, 0.29) is 0 Å². The van der Waals surface area contributed by atoms with E-state index < -0.39 is 17.3 Å². The summed E-state index contributed by atoms with van der Waals surface area (Å²) in [4.78, 5) is 0. The van der Waals surface area contributed by atoms with Crippen LogP contribution >= 0.6 is 15.9 Å².